The van der Waals surface area contributed by atoms with Crippen LogP contribution in [-0.2, 0) is 49.0 Å². The van der Waals surface area contributed by atoms with Gasteiger partial charge in [-0.3, -0.25) is 28.3 Å². The lowest BCUT2D eigenvalue weighted by molar-refractivity contribution is -0.139. The van der Waals surface area contributed by atoms with Gasteiger partial charge in [-0.2, -0.15) is 22.0 Å². The van der Waals surface area contributed by atoms with Crippen molar-refractivity contribution in [2.75, 3.05) is 19.5 Å². The largest absolute Gasteiger partial charge is 0.454 e. The van der Waals surface area contributed by atoms with Crippen molar-refractivity contribution in [3.05, 3.63) is 148 Å². The third-order valence-electron chi connectivity index (χ3n) is 12.3. The molecule has 2 saturated heterocycles. The summed E-state index contributed by atoms with van der Waals surface area (Å²) < 4.78 is 126. The van der Waals surface area contributed by atoms with E-state index in [1.54, 1.807) is 19.1 Å². The van der Waals surface area contributed by atoms with Crippen LogP contribution in [0.5, 0.6) is 23.0 Å². The number of amides is 2. The van der Waals surface area contributed by atoms with Gasteiger partial charge in [-0.15, -0.1) is 9.66 Å². The molecular formula is C51H50Cl2F6N10O8S2. The minimum Gasteiger partial charge on any atom is -0.454 e. The van der Waals surface area contributed by atoms with Gasteiger partial charge in [0.25, 0.3) is 22.9 Å². The minimum absolute atomic E-state index is 0.0107. The third-order valence-corrected chi connectivity index (χ3v) is 14.5. The van der Waals surface area contributed by atoms with E-state index >= 15 is 0 Å². The molecule has 2 saturated carbocycles. The standard InChI is InChI=1S/C25H22ClF4N5O4S.C24H22ClF2N5O4S.C2H6/c1-3-12-4-8-17(16(27)10-12)32-22-19(23(36)31-13-5-6-13)21(20(25(28,29)30)24(37)34(22)2)39-18-9-7-14(11-15(18)26)35-33-40(35)38;1-11-4-7-17(15(26)8-11)29-22-20(23(33)28-13-5-6-13)21(12(2)24(34)31(22)3)36-19-10-16(27)18(9-14(19)25)32-30-37(32)35;1-2/h4,7-11,13,32-33H,3,5-6H2,1-2H3,(H,31,36);4,7-10,13,29-30H,5-6H2,1-3H3,(H,28,33);1-2H3. The number of ether oxygens (including phenoxy) is 2. The smallest absolute Gasteiger partial charge is 0.425 e. The Morgan fingerprint density at radius 1 is 0.684 bits per heavy atom. The number of hydrogen-bond donors (Lipinski definition) is 6. The number of hydrazine groups is 2. The van der Waals surface area contributed by atoms with Crippen LogP contribution in [0, 0.1) is 31.3 Å². The fourth-order valence-electron chi connectivity index (χ4n) is 7.77. The van der Waals surface area contributed by atoms with Crippen LogP contribution in [0.3, 0.4) is 0 Å². The number of aryl methyl sites for hydroxylation is 2. The van der Waals surface area contributed by atoms with Crippen molar-refractivity contribution in [3.63, 3.8) is 0 Å². The molecule has 0 radical (unpaired) electrons. The normalized spacial score (nSPS) is 16.2. The Morgan fingerprint density at radius 3 is 1.68 bits per heavy atom. The number of halogens is 8. The number of alkyl halides is 3. The number of aromatic nitrogens is 2. The zero-order chi connectivity index (χ0) is 57.5. The summed E-state index contributed by atoms with van der Waals surface area (Å²) in [7, 11) is 2.48. The van der Waals surface area contributed by atoms with E-state index in [0.717, 1.165) is 30.4 Å². The Bertz CT molecular complexity index is 3620. The molecule has 2 amide bonds. The first-order chi connectivity index (χ1) is 37.4. The molecule has 79 heavy (non-hydrogen) atoms. The van der Waals surface area contributed by atoms with Crippen molar-refractivity contribution in [2.24, 2.45) is 14.1 Å². The average Bonchev–Trinajstić information content (AvgIpc) is 4.36. The maximum Gasteiger partial charge on any atom is 0.425 e. The number of benzene rings is 4. The van der Waals surface area contributed by atoms with Crippen LogP contribution < -0.4 is 60.4 Å². The van der Waals surface area contributed by atoms with Gasteiger partial charge in [-0.05, 0) is 106 Å². The monoisotopic (exact) mass is 1180 g/mol. The van der Waals surface area contributed by atoms with Crippen LogP contribution in [0.1, 0.15) is 89.4 Å². The molecule has 420 valence electrons. The van der Waals surface area contributed by atoms with Crippen LogP contribution in [0.2, 0.25) is 10.0 Å². The zero-order valence-corrected chi connectivity index (χ0v) is 46.1. The maximum atomic E-state index is 14.9. The van der Waals surface area contributed by atoms with Gasteiger partial charge in [-0.1, -0.05) is 56.1 Å². The lowest BCUT2D eigenvalue weighted by atomic mass is 10.1. The Labute approximate surface area is 462 Å². The van der Waals surface area contributed by atoms with Crippen LogP contribution in [0.4, 0.5) is 60.7 Å². The van der Waals surface area contributed by atoms with Gasteiger partial charge in [0.2, 0.25) is 22.3 Å². The first-order valence-electron chi connectivity index (χ1n) is 24.3. The maximum absolute atomic E-state index is 14.9. The Hall–Kier alpha value is -7.10. The molecule has 0 spiro atoms. The predicted octanol–water partition coefficient (Wildman–Crippen LogP) is 10.4. The van der Waals surface area contributed by atoms with E-state index < -0.39 is 91.6 Å². The summed E-state index contributed by atoms with van der Waals surface area (Å²) in [5, 5.41) is 10.7. The zero-order valence-electron chi connectivity index (χ0n) is 42.9. The molecule has 6 N–H and O–H groups in total. The van der Waals surface area contributed by atoms with Crippen LogP contribution >= 0.6 is 23.2 Å². The Kier molecular flexibility index (Phi) is 17.1. The van der Waals surface area contributed by atoms with Crippen molar-refractivity contribution in [1.29, 1.82) is 0 Å². The van der Waals surface area contributed by atoms with Crippen molar-refractivity contribution in [3.8, 4) is 23.0 Å². The van der Waals surface area contributed by atoms with Gasteiger partial charge in [0, 0.05) is 32.2 Å². The van der Waals surface area contributed by atoms with E-state index in [9.17, 15) is 53.9 Å². The quantitative estimate of drug-likeness (QED) is 0.0421. The summed E-state index contributed by atoms with van der Waals surface area (Å²) in [4.78, 5) is 58.0. The summed E-state index contributed by atoms with van der Waals surface area (Å²) in [6.07, 6.45) is -1.87. The highest BCUT2D eigenvalue weighted by molar-refractivity contribution is 7.91. The fourth-order valence-corrected chi connectivity index (χ4v) is 9.40. The van der Waals surface area contributed by atoms with Gasteiger partial charge in [0.05, 0.1) is 32.7 Å². The number of hydrogen-bond acceptors (Lipinski definition) is 10. The molecule has 10 rings (SSSR count). The lowest BCUT2D eigenvalue weighted by Crippen LogP contribution is -2.34. The molecule has 2 aliphatic carbocycles. The average molecular weight is 1180 g/mol. The lowest BCUT2D eigenvalue weighted by Gasteiger charge is -2.23. The molecule has 18 nitrogen and oxygen atoms in total. The van der Waals surface area contributed by atoms with E-state index in [4.69, 9.17) is 32.7 Å². The molecule has 4 heterocycles. The molecule has 0 bridgehead atoms. The number of pyridine rings is 2. The van der Waals surface area contributed by atoms with Crippen LogP contribution in [-0.4, -0.2) is 41.5 Å². The van der Waals surface area contributed by atoms with E-state index in [1.807, 2.05) is 20.8 Å². The Morgan fingerprint density at radius 2 is 1.19 bits per heavy atom. The Balaban J connectivity index is 0.000000202. The van der Waals surface area contributed by atoms with Crippen molar-refractivity contribution in [1.82, 2.24) is 29.4 Å². The van der Waals surface area contributed by atoms with Crippen molar-refractivity contribution in [2.45, 2.75) is 85.0 Å². The van der Waals surface area contributed by atoms with Crippen molar-refractivity contribution >= 4 is 91.7 Å². The molecule has 2 aromatic heterocycles. The van der Waals surface area contributed by atoms with Gasteiger partial charge >= 0.3 is 6.18 Å². The number of anilines is 6. The van der Waals surface area contributed by atoms with Crippen molar-refractivity contribution < 1.29 is 53.8 Å². The van der Waals surface area contributed by atoms with E-state index in [1.165, 1.54) is 71.5 Å². The summed E-state index contributed by atoms with van der Waals surface area (Å²) in [5.74, 6) is -5.75. The molecule has 28 heteroatoms. The number of carbonyl (C=O) groups is 2. The topological polar surface area (TPSA) is 229 Å². The fraction of sp³-hybridized carbons (Fsp3) is 0.294. The summed E-state index contributed by atoms with van der Waals surface area (Å²) >= 11 is 9.59. The SMILES string of the molecule is CC.CCc1ccc(Nc2c(C(=O)NC3CC3)c(Oc3ccc(N4NS4=O)cc3Cl)c(C(F)(F)F)c(=O)n2C)c(F)c1.Cc1ccc(Nc2c(C(=O)NC3CC3)c(Oc3cc(F)c(N4NS4=O)cc3Cl)c(C)c(=O)n2C)c(F)c1. The molecule has 2 unspecified atom stereocenters. The second kappa shape index (κ2) is 23.3. The highest BCUT2D eigenvalue weighted by atomic mass is 35.5. The number of rotatable bonds is 15. The molecule has 2 aliphatic heterocycles. The summed E-state index contributed by atoms with van der Waals surface area (Å²) in [6.45, 7) is 9.02. The second-order valence-electron chi connectivity index (χ2n) is 18.1. The summed E-state index contributed by atoms with van der Waals surface area (Å²) in [6, 6.07) is 14.5. The molecule has 4 aliphatic rings. The van der Waals surface area contributed by atoms with Gasteiger partial charge in [0.15, 0.2) is 22.9 Å². The van der Waals surface area contributed by atoms with E-state index in [2.05, 4.69) is 30.9 Å². The molecule has 4 aromatic carbocycles. The summed E-state index contributed by atoms with van der Waals surface area (Å²) in [5.41, 5.74) is -2.93. The highest BCUT2D eigenvalue weighted by Gasteiger charge is 2.44. The number of nitrogens with one attached hydrogen (secondary N) is 6. The number of carbonyl (C=O) groups excluding carboxylic acids is 2. The van der Waals surface area contributed by atoms with Crippen LogP contribution in [0.15, 0.2) is 76.3 Å². The molecule has 4 fully saturated rings. The van der Waals surface area contributed by atoms with Gasteiger partial charge in [0.1, 0.15) is 51.6 Å². The molecular weight excluding hydrogens is 1130 g/mol. The van der Waals surface area contributed by atoms with Crippen LogP contribution in [0.25, 0.3) is 0 Å². The highest BCUT2D eigenvalue weighted by Crippen LogP contribution is 2.45. The first-order valence-corrected chi connectivity index (χ1v) is 27.3. The predicted molar refractivity (Wildman–Crippen MR) is 289 cm³/mol. The van der Waals surface area contributed by atoms with E-state index in [-0.39, 0.29) is 73.4 Å². The molecule has 2 atom stereocenters. The number of nitrogens with zero attached hydrogens (tertiary/aromatic N) is 4. The first kappa shape index (κ1) is 58.1. The second-order valence-corrected chi connectivity index (χ2v) is 21.0. The third kappa shape index (κ3) is 12.8. The molecule has 6 aromatic rings. The minimum atomic E-state index is -5.24. The van der Waals surface area contributed by atoms with Gasteiger partial charge < -0.3 is 30.7 Å². The van der Waals surface area contributed by atoms with Gasteiger partial charge in [-0.25, -0.2) is 21.6 Å². The van der Waals surface area contributed by atoms with E-state index in [0.29, 0.717) is 40.6 Å².